The van der Waals surface area contributed by atoms with E-state index in [4.69, 9.17) is 4.98 Å². The molecule has 0 unspecified atom stereocenters. The lowest BCUT2D eigenvalue weighted by atomic mass is 9.97. The van der Waals surface area contributed by atoms with Gasteiger partial charge < -0.3 is 15.2 Å². The number of H-pyrrole nitrogens is 1. The first kappa shape index (κ1) is 14.7. The number of carbonyl (C=O) groups is 1. The van der Waals surface area contributed by atoms with Gasteiger partial charge in [0.15, 0.2) is 0 Å². The van der Waals surface area contributed by atoms with Gasteiger partial charge in [-0.15, -0.1) is 0 Å². The zero-order valence-corrected chi connectivity index (χ0v) is 13.3. The smallest absolute Gasteiger partial charge is 0.321 e. The Hall–Kier alpha value is -2.89. The van der Waals surface area contributed by atoms with Crippen molar-refractivity contribution >= 4 is 22.8 Å². The summed E-state index contributed by atoms with van der Waals surface area (Å²) in [6.45, 7) is 1.44. The molecule has 0 spiro atoms. The monoisotopic (exact) mass is 321 g/mol. The van der Waals surface area contributed by atoms with Crippen LogP contribution in [0, 0.1) is 0 Å². The Labute approximate surface area is 139 Å². The number of hydrogen-bond acceptors (Lipinski definition) is 3. The number of amides is 2. The highest BCUT2D eigenvalue weighted by atomic mass is 16.2. The molecule has 3 aromatic rings. The zero-order chi connectivity index (χ0) is 16.4. The fraction of sp³-hybridized carbons (Fsp3) is 0.278. The topological polar surface area (TPSA) is 73.9 Å². The number of carbonyl (C=O) groups excluding carboxylic acids is 1. The summed E-state index contributed by atoms with van der Waals surface area (Å²) in [5.74, 6) is 1.21. The lowest BCUT2D eigenvalue weighted by molar-refractivity contribution is 0.191. The Balaban J connectivity index is 1.48. The molecule has 4 rings (SSSR count). The highest BCUT2D eigenvalue weighted by Gasteiger charge is 2.26. The minimum Gasteiger partial charge on any atom is -0.342 e. The fourth-order valence-electron chi connectivity index (χ4n) is 3.19. The average molecular weight is 321 g/mol. The summed E-state index contributed by atoms with van der Waals surface area (Å²) in [6, 6.07) is 11.6. The van der Waals surface area contributed by atoms with E-state index < -0.39 is 0 Å². The quantitative estimate of drug-likeness (QED) is 0.760. The highest BCUT2D eigenvalue weighted by molar-refractivity contribution is 5.89. The first-order valence-electron chi connectivity index (χ1n) is 8.20. The number of fused-ring (bicyclic) bond motifs is 1. The number of hydrogen-bond donors (Lipinski definition) is 2. The highest BCUT2D eigenvalue weighted by Crippen LogP contribution is 2.27. The molecule has 0 saturated carbocycles. The third-order valence-corrected chi connectivity index (χ3v) is 4.42. The Bertz CT molecular complexity index is 812. The molecule has 2 amide bonds. The molecule has 6 nitrogen and oxygen atoms in total. The molecule has 0 bridgehead atoms. The molecule has 1 aliphatic rings. The van der Waals surface area contributed by atoms with Crippen molar-refractivity contribution in [1.29, 1.82) is 0 Å². The van der Waals surface area contributed by atoms with E-state index >= 15 is 0 Å². The maximum absolute atomic E-state index is 12.5. The molecule has 24 heavy (non-hydrogen) atoms. The summed E-state index contributed by atoms with van der Waals surface area (Å²) in [5, 5.41) is 2.90. The molecular weight excluding hydrogens is 302 g/mol. The normalized spacial score (nSPS) is 17.8. The second-order valence-corrected chi connectivity index (χ2v) is 6.10. The molecule has 6 heteroatoms. The lowest BCUT2D eigenvalue weighted by Gasteiger charge is -2.31. The van der Waals surface area contributed by atoms with Gasteiger partial charge in [0.25, 0.3) is 0 Å². The summed E-state index contributed by atoms with van der Waals surface area (Å²) < 4.78 is 0. The van der Waals surface area contributed by atoms with E-state index in [0.29, 0.717) is 12.2 Å². The number of urea groups is 1. The van der Waals surface area contributed by atoms with E-state index in [2.05, 4.69) is 15.3 Å². The van der Waals surface area contributed by atoms with Gasteiger partial charge in [-0.1, -0.05) is 12.1 Å². The third kappa shape index (κ3) is 2.95. The maximum atomic E-state index is 12.5. The van der Waals surface area contributed by atoms with Gasteiger partial charge in [-0.3, -0.25) is 4.98 Å². The summed E-state index contributed by atoms with van der Waals surface area (Å²) in [5.41, 5.74) is 2.74. The van der Waals surface area contributed by atoms with Crippen LogP contribution in [0.15, 0.2) is 48.8 Å². The average Bonchev–Trinajstić information content (AvgIpc) is 3.07. The number of piperidine rings is 1. The van der Waals surface area contributed by atoms with Crippen LogP contribution in [0.4, 0.5) is 10.5 Å². The first-order valence-corrected chi connectivity index (χ1v) is 8.20. The number of pyridine rings is 1. The second kappa shape index (κ2) is 6.31. The number of nitrogens with zero attached hydrogens (tertiary/aromatic N) is 3. The van der Waals surface area contributed by atoms with E-state index in [1.807, 2.05) is 41.3 Å². The molecule has 122 valence electrons. The lowest BCUT2D eigenvalue weighted by Crippen LogP contribution is -2.41. The number of imidazole rings is 1. The molecule has 2 aromatic heterocycles. The molecule has 0 radical (unpaired) electrons. The molecule has 1 aromatic carbocycles. The number of para-hydroxylation sites is 2. The van der Waals surface area contributed by atoms with Crippen molar-refractivity contribution in [2.24, 2.45) is 0 Å². The van der Waals surface area contributed by atoms with E-state index in [-0.39, 0.29) is 11.9 Å². The van der Waals surface area contributed by atoms with Crippen LogP contribution in [0.2, 0.25) is 0 Å². The van der Waals surface area contributed by atoms with E-state index in [1.165, 1.54) is 0 Å². The van der Waals surface area contributed by atoms with Crippen molar-refractivity contribution in [1.82, 2.24) is 19.9 Å². The summed E-state index contributed by atoms with van der Waals surface area (Å²) >= 11 is 0. The molecule has 1 saturated heterocycles. The van der Waals surface area contributed by atoms with Crippen LogP contribution in [-0.4, -0.2) is 39.0 Å². The number of anilines is 1. The van der Waals surface area contributed by atoms with Crippen LogP contribution in [0.5, 0.6) is 0 Å². The van der Waals surface area contributed by atoms with Gasteiger partial charge in [-0.25, -0.2) is 9.78 Å². The molecule has 1 fully saturated rings. The van der Waals surface area contributed by atoms with Crippen LogP contribution in [0.3, 0.4) is 0 Å². The van der Waals surface area contributed by atoms with Gasteiger partial charge in [0.2, 0.25) is 0 Å². The number of nitrogens with one attached hydrogen (secondary N) is 2. The van der Waals surface area contributed by atoms with Crippen LogP contribution in [-0.2, 0) is 0 Å². The predicted molar refractivity (Wildman–Crippen MR) is 92.9 cm³/mol. The first-order chi connectivity index (χ1) is 11.8. The number of rotatable bonds is 2. The van der Waals surface area contributed by atoms with Crippen LogP contribution in [0.1, 0.15) is 24.6 Å². The van der Waals surface area contributed by atoms with Gasteiger partial charge >= 0.3 is 6.03 Å². The fourth-order valence-corrected chi connectivity index (χ4v) is 3.19. The zero-order valence-electron chi connectivity index (χ0n) is 13.3. The van der Waals surface area contributed by atoms with E-state index in [9.17, 15) is 4.79 Å². The predicted octanol–water partition coefficient (Wildman–Crippen LogP) is 3.37. The van der Waals surface area contributed by atoms with Crippen molar-refractivity contribution < 1.29 is 4.79 Å². The van der Waals surface area contributed by atoms with Crippen LogP contribution in [0.25, 0.3) is 11.0 Å². The summed E-state index contributed by atoms with van der Waals surface area (Å²) in [7, 11) is 0. The van der Waals surface area contributed by atoms with Crippen LogP contribution >= 0.6 is 0 Å². The van der Waals surface area contributed by atoms with Crippen molar-refractivity contribution in [3.8, 4) is 0 Å². The van der Waals surface area contributed by atoms with Crippen LogP contribution < -0.4 is 5.32 Å². The number of benzene rings is 1. The van der Waals surface area contributed by atoms with Crippen molar-refractivity contribution in [2.75, 3.05) is 18.4 Å². The Kier molecular flexibility index (Phi) is 3.86. The summed E-state index contributed by atoms with van der Waals surface area (Å²) in [6.07, 6.45) is 5.35. The van der Waals surface area contributed by atoms with E-state index in [0.717, 1.165) is 36.2 Å². The van der Waals surface area contributed by atoms with Gasteiger partial charge in [0.1, 0.15) is 5.82 Å². The second-order valence-electron chi connectivity index (χ2n) is 6.10. The molecule has 3 heterocycles. The number of likely N-dealkylation sites (tertiary alicyclic amines) is 1. The SMILES string of the molecule is O=C(Nc1cccnc1)N1CCC[C@@H](c2nc3ccccc3[nH]2)C1. The largest absolute Gasteiger partial charge is 0.342 e. The standard InChI is InChI=1S/C18H19N5O/c24-18(20-14-6-3-9-19-11-14)23-10-4-5-13(12-23)17-21-15-7-1-2-8-16(15)22-17/h1-3,6-9,11,13H,4-5,10,12H2,(H,20,24)(H,21,22)/t13-/m1/s1. The number of aromatic nitrogens is 3. The Morgan fingerprint density at radius 1 is 1.25 bits per heavy atom. The maximum Gasteiger partial charge on any atom is 0.321 e. The Morgan fingerprint density at radius 2 is 2.17 bits per heavy atom. The molecule has 1 atom stereocenters. The van der Waals surface area contributed by atoms with Crippen molar-refractivity contribution in [3.63, 3.8) is 0 Å². The number of aromatic amines is 1. The summed E-state index contributed by atoms with van der Waals surface area (Å²) in [4.78, 5) is 26.4. The minimum absolute atomic E-state index is 0.0798. The molecular formula is C18H19N5O. The molecule has 1 aliphatic heterocycles. The van der Waals surface area contributed by atoms with Gasteiger partial charge in [-0.2, -0.15) is 0 Å². The molecule has 0 aliphatic carbocycles. The van der Waals surface area contributed by atoms with E-state index in [1.54, 1.807) is 12.4 Å². The third-order valence-electron chi connectivity index (χ3n) is 4.42. The van der Waals surface area contributed by atoms with Gasteiger partial charge in [-0.05, 0) is 37.1 Å². The minimum atomic E-state index is -0.0798. The van der Waals surface area contributed by atoms with Gasteiger partial charge in [0.05, 0.1) is 22.9 Å². The van der Waals surface area contributed by atoms with Crippen molar-refractivity contribution in [2.45, 2.75) is 18.8 Å². The molecule has 2 N–H and O–H groups in total. The van der Waals surface area contributed by atoms with Crippen molar-refractivity contribution in [3.05, 3.63) is 54.6 Å². The van der Waals surface area contributed by atoms with Gasteiger partial charge in [0, 0.05) is 25.2 Å². The Morgan fingerprint density at radius 3 is 3.00 bits per heavy atom.